The van der Waals surface area contributed by atoms with E-state index < -0.39 is 0 Å². The van der Waals surface area contributed by atoms with Gasteiger partial charge in [-0.2, -0.15) is 5.26 Å². The maximum absolute atomic E-state index is 8.46. The summed E-state index contributed by atoms with van der Waals surface area (Å²) in [5, 5.41) is 11.4. The summed E-state index contributed by atoms with van der Waals surface area (Å²) in [6.45, 7) is 1.70. The first-order valence-electron chi connectivity index (χ1n) is 7.88. The molecule has 5 N–H and O–H groups in total. The zero-order valence-electron chi connectivity index (χ0n) is 14.6. The molecule has 1 heterocycles. The van der Waals surface area contributed by atoms with Crippen molar-refractivity contribution in [1.82, 2.24) is 14.9 Å². The molecule has 1 aromatic rings. The molecule has 0 aliphatic rings. The van der Waals surface area contributed by atoms with Gasteiger partial charge in [-0.1, -0.05) is 0 Å². The molecule has 10 nitrogen and oxygen atoms in total. The van der Waals surface area contributed by atoms with Crippen LogP contribution in [0.3, 0.4) is 0 Å². The van der Waals surface area contributed by atoms with Crippen LogP contribution < -0.4 is 16.8 Å². The summed E-state index contributed by atoms with van der Waals surface area (Å²) in [6.07, 6.45) is 5.82. The summed E-state index contributed by atoms with van der Waals surface area (Å²) < 4.78 is 4.91. The van der Waals surface area contributed by atoms with Crippen molar-refractivity contribution in [3.63, 3.8) is 0 Å². The molecule has 0 aliphatic heterocycles. The van der Waals surface area contributed by atoms with Crippen LogP contribution in [-0.2, 0) is 11.2 Å². The van der Waals surface area contributed by atoms with Gasteiger partial charge in [0.05, 0.1) is 13.2 Å². The monoisotopic (exact) mass is 347 g/mol. The number of hydrogen-bond acceptors (Lipinski definition) is 6. The summed E-state index contributed by atoms with van der Waals surface area (Å²) in [7, 11) is 3.40. The average molecular weight is 347 g/mol. The predicted octanol–water partition coefficient (Wildman–Crippen LogP) is -0.100. The number of nitriles is 1. The van der Waals surface area contributed by atoms with Gasteiger partial charge in [0, 0.05) is 33.3 Å². The first-order chi connectivity index (χ1) is 12.1. The number of unbranched alkanes of at least 4 members (excludes halogenated alkanes) is 1. The van der Waals surface area contributed by atoms with Crippen molar-refractivity contribution in [2.75, 3.05) is 39.2 Å². The van der Waals surface area contributed by atoms with E-state index in [4.69, 9.17) is 21.5 Å². The molecule has 0 bridgehead atoms. The van der Waals surface area contributed by atoms with Gasteiger partial charge in [-0.3, -0.25) is 4.99 Å². The molecule has 0 unspecified atom stereocenters. The minimum absolute atomic E-state index is 0.216. The van der Waals surface area contributed by atoms with Crippen molar-refractivity contribution in [2.45, 2.75) is 19.3 Å². The standard InChI is InChI=1S/C15H25N9O/c1-24(15(18)21-11-16)9-4-3-5-12-19-7-6-13(22-12)23-14(17)20-8-10-25-2/h6-7H,3-5,8-10H2,1-2H3,(H2,18,21)(H3,17,19,20,22,23). The van der Waals surface area contributed by atoms with Gasteiger partial charge in [0.1, 0.15) is 11.6 Å². The Kier molecular flexibility index (Phi) is 9.32. The fraction of sp³-hybridized carbons (Fsp3) is 0.533. The maximum atomic E-state index is 8.46. The van der Waals surface area contributed by atoms with Crippen molar-refractivity contribution >= 4 is 17.7 Å². The number of anilines is 1. The van der Waals surface area contributed by atoms with Crippen LogP contribution in [0.1, 0.15) is 18.7 Å². The molecule has 0 aliphatic carbocycles. The molecule has 0 aromatic carbocycles. The third kappa shape index (κ3) is 8.47. The second-order valence-corrected chi connectivity index (χ2v) is 5.19. The molecule has 1 aromatic heterocycles. The number of nitrogens with zero attached hydrogens (tertiary/aromatic N) is 6. The highest BCUT2D eigenvalue weighted by Crippen LogP contribution is 2.05. The Labute approximate surface area is 147 Å². The van der Waals surface area contributed by atoms with E-state index in [1.54, 1.807) is 37.5 Å². The SMILES string of the molecule is COCCN=C(N)Nc1ccnc(CCCCN(C)C(N)=NC#N)n1. The fourth-order valence-electron chi connectivity index (χ4n) is 1.90. The lowest BCUT2D eigenvalue weighted by Crippen LogP contribution is -2.34. The Balaban J connectivity index is 2.42. The quantitative estimate of drug-likeness (QED) is 0.242. The highest BCUT2D eigenvalue weighted by atomic mass is 16.5. The lowest BCUT2D eigenvalue weighted by atomic mass is 10.2. The lowest BCUT2D eigenvalue weighted by molar-refractivity contribution is 0.208. The Hall–Kier alpha value is -2.93. The maximum Gasteiger partial charge on any atom is 0.209 e. The number of ether oxygens (including phenoxy) is 1. The highest BCUT2D eigenvalue weighted by molar-refractivity contribution is 5.91. The molecule has 1 rings (SSSR count). The van der Waals surface area contributed by atoms with Gasteiger partial charge < -0.3 is 26.4 Å². The minimum atomic E-state index is 0.216. The van der Waals surface area contributed by atoms with Crippen LogP contribution in [0.4, 0.5) is 5.82 Å². The van der Waals surface area contributed by atoms with Crippen molar-refractivity contribution in [3.05, 3.63) is 18.1 Å². The number of rotatable bonds is 9. The summed E-state index contributed by atoms with van der Waals surface area (Å²) in [4.78, 5) is 18.0. The second kappa shape index (κ2) is 11.6. The number of nitrogens with two attached hydrogens (primary N) is 2. The number of methoxy groups -OCH3 is 1. The molecule has 0 amide bonds. The Morgan fingerprint density at radius 1 is 1.44 bits per heavy atom. The molecule has 0 radical (unpaired) electrons. The number of nitrogens with one attached hydrogen (secondary N) is 1. The molecule has 25 heavy (non-hydrogen) atoms. The molecule has 0 atom stereocenters. The lowest BCUT2D eigenvalue weighted by Gasteiger charge is -2.16. The van der Waals surface area contributed by atoms with Gasteiger partial charge >= 0.3 is 0 Å². The number of hydrogen-bond donors (Lipinski definition) is 3. The van der Waals surface area contributed by atoms with Gasteiger partial charge in [0.25, 0.3) is 0 Å². The van der Waals surface area contributed by atoms with Gasteiger partial charge in [-0.05, 0) is 18.9 Å². The average Bonchev–Trinajstić information content (AvgIpc) is 2.59. The zero-order chi connectivity index (χ0) is 18.5. The molecule has 0 saturated heterocycles. The topological polar surface area (TPSA) is 151 Å². The van der Waals surface area contributed by atoms with E-state index in [1.165, 1.54) is 0 Å². The van der Waals surface area contributed by atoms with Crippen LogP contribution in [0.2, 0.25) is 0 Å². The van der Waals surface area contributed by atoms with Gasteiger partial charge in [-0.15, -0.1) is 4.99 Å². The van der Waals surface area contributed by atoms with E-state index in [9.17, 15) is 0 Å². The van der Waals surface area contributed by atoms with E-state index in [1.807, 2.05) is 0 Å². The van der Waals surface area contributed by atoms with E-state index in [0.717, 1.165) is 25.1 Å². The first-order valence-corrected chi connectivity index (χ1v) is 7.88. The van der Waals surface area contributed by atoms with Crippen LogP contribution >= 0.6 is 0 Å². The number of aromatic nitrogens is 2. The van der Waals surface area contributed by atoms with Crippen LogP contribution in [0.15, 0.2) is 22.2 Å². The van der Waals surface area contributed by atoms with E-state index >= 15 is 0 Å². The van der Waals surface area contributed by atoms with Gasteiger partial charge in [0.15, 0.2) is 5.96 Å². The first kappa shape index (κ1) is 20.1. The summed E-state index contributed by atoms with van der Waals surface area (Å²) in [5.41, 5.74) is 11.4. The number of aliphatic imine (C=N–C) groups is 2. The van der Waals surface area contributed by atoms with Crippen LogP contribution in [0.25, 0.3) is 0 Å². The molecule has 0 saturated carbocycles. The van der Waals surface area contributed by atoms with Crippen molar-refractivity contribution in [2.24, 2.45) is 21.5 Å². The molecule has 136 valence electrons. The van der Waals surface area contributed by atoms with E-state index in [0.29, 0.717) is 25.5 Å². The molecular formula is C15H25N9O. The summed E-state index contributed by atoms with van der Waals surface area (Å²) in [5.74, 6) is 1.82. The Bertz CT molecular complexity index is 624. The molecule has 0 spiro atoms. The van der Waals surface area contributed by atoms with E-state index in [-0.39, 0.29) is 11.9 Å². The third-order valence-corrected chi connectivity index (χ3v) is 3.24. The largest absolute Gasteiger partial charge is 0.383 e. The molecule has 0 fully saturated rings. The van der Waals surface area contributed by atoms with Crippen LogP contribution in [-0.4, -0.2) is 60.6 Å². The van der Waals surface area contributed by atoms with Gasteiger partial charge in [-0.25, -0.2) is 9.97 Å². The zero-order valence-corrected chi connectivity index (χ0v) is 14.6. The minimum Gasteiger partial charge on any atom is -0.383 e. The van der Waals surface area contributed by atoms with Gasteiger partial charge in [0.2, 0.25) is 12.2 Å². The van der Waals surface area contributed by atoms with E-state index in [2.05, 4.69) is 25.3 Å². The second-order valence-electron chi connectivity index (χ2n) is 5.19. The highest BCUT2D eigenvalue weighted by Gasteiger charge is 2.04. The summed E-state index contributed by atoms with van der Waals surface area (Å²) >= 11 is 0. The predicted molar refractivity (Wildman–Crippen MR) is 96.8 cm³/mol. The Morgan fingerprint density at radius 3 is 2.96 bits per heavy atom. The fourth-order valence-corrected chi connectivity index (χ4v) is 1.90. The smallest absolute Gasteiger partial charge is 0.209 e. The number of guanidine groups is 2. The molecule has 10 heteroatoms. The third-order valence-electron chi connectivity index (χ3n) is 3.24. The summed E-state index contributed by atoms with van der Waals surface area (Å²) in [6, 6.07) is 1.73. The van der Waals surface area contributed by atoms with Crippen LogP contribution in [0, 0.1) is 11.5 Å². The van der Waals surface area contributed by atoms with Crippen molar-refractivity contribution < 1.29 is 4.74 Å². The van der Waals surface area contributed by atoms with Crippen LogP contribution in [0.5, 0.6) is 0 Å². The normalized spacial score (nSPS) is 11.9. The number of aryl methyl sites for hydroxylation is 1. The molecular weight excluding hydrogens is 322 g/mol. The van der Waals surface area contributed by atoms with Crippen molar-refractivity contribution in [1.29, 1.82) is 5.26 Å². The Morgan fingerprint density at radius 2 is 2.24 bits per heavy atom. The van der Waals surface area contributed by atoms with Crippen molar-refractivity contribution in [3.8, 4) is 6.19 Å².